The van der Waals surface area contributed by atoms with Crippen LogP contribution in [0.25, 0.3) is 0 Å². The van der Waals surface area contributed by atoms with Crippen LogP contribution in [0.2, 0.25) is 0 Å². The Morgan fingerprint density at radius 3 is 0.763 bits per heavy atom. The highest BCUT2D eigenvalue weighted by Gasteiger charge is 2.30. The quantitative estimate of drug-likeness (QED) is 0.0222. The zero-order valence-electron chi connectivity index (χ0n) is 60.4. The molecule has 0 aromatic rings. The number of aliphatic hydroxyl groups is 1. The zero-order chi connectivity index (χ0) is 68.4. The van der Waals surface area contributed by atoms with Gasteiger partial charge in [-0.15, -0.1) is 0 Å². The Labute approximate surface area is 568 Å². The molecule has 0 rings (SSSR count). The molecule has 0 radical (unpaired) electrons. The predicted molar refractivity (Wildman–Crippen MR) is 377 cm³/mol. The lowest BCUT2D eigenvalue weighted by Gasteiger charge is -2.21. The first kappa shape index (κ1) is 91.1. The van der Waals surface area contributed by atoms with E-state index in [4.69, 9.17) is 37.0 Å². The van der Waals surface area contributed by atoms with E-state index in [0.717, 1.165) is 95.8 Å². The van der Waals surface area contributed by atoms with Crippen molar-refractivity contribution in [3.8, 4) is 0 Å². The van der Waals surface area contributed by atoms with Crippen LogP contribution >= 0.6 is 15.6 Å². The number of aliphatic hydroxyl groups excluding tert-OH is 1. The zero-order valence-corrected chi connectivity index (χ0v) is 62.2. The van der Waals surface area contributed by atoms with Gasteiger partial charge in [0.25, 0.3) is 0 Å². The molecule has 17 nitrogen and oxygen atoms in total. The van der Waals surface area contributed by atoms with E-state index in [2.05, 4.69) is 34.6 Å². The lowest BCUT2D eigenvalue weighted by atomic mass is 9.99. The van der Waals surface area contributed by atoms with Gasteiger partial charge in [-0.1, -0.05) is 336 Å². The number of phosphoric ester groups is 2. The highest BCUT2D eigenvalue weighted by Crippen LogP contribution is 2.45. The molecule has 552 valence electrons. The maximum absolute atomic E-state index is 13.1. The van der Waals surface area contributed by atoms with Crippen molar-refractivity contribution >= 4 is 39.5 Å². The fraction of sp³-hybridized carbons (Fsp3) is 0.946. The number of hydrogen-bond acceptors (Lipinski definition) is 15. The predicted octanol–water partition coefficient (Wildman–Crippen LogP) is 21.7. The second-order valence-electron chi connectivity index (χ2n) is 26.9. The second-order valence-corrected chi connectivity index (χ2v) is 29.8. The topological polar surface area (TPSA) is 237 Å². The molecule has 19 heteroatoms. The Bertz CT molecular complexity index is 1790. The van der Waals surface area contributed by atoms with Crippen molar-refractivity contribution in [3.05, 3.63) is 0 Å². The smallest absolute Gasteiger partial charge is 0.462 e. The van der Waals surface area contributed by atoms with Gasteiger partial charge in [0.05, 0.1) is 26.4 Å². The summed E-state index contributed by atoms with van der Waals surface area (Å²) in [7, 11) is -9.90. The molecule has 0 aromatic carbocycles. The van der Waals surface area contributed by atoms with E-state index in [1.807, 2.05) is 0 Å². The van der Waals surface area contributed by atoms with Crippen molar-refractivity contribution in [2.45, 2.75) is 406 Å². The molecule has 0 spiro atoms. The SMILES string of the molecule is CCCCCCCCCCCCCCCCCCCC(=O)O[C@H](COC(=O)CCCCCCCCCCCCC(C)CC)COP(=O)(O)OC[C@@H](O)COP(=O)(O)OC[C@@H](COC(=O)CCCCCCCCCCC)OC(=O)CCCCCCCCCCCCCCC. The van der Waals surface area contributed by atoms with E-state index in [-0.39, 0.29) is 25.7 Å². The number of rotatable bonds is 74. The Balaban J connectivity index is 5.24. The fourth-order valence-electron chi connectivity index (χ4n) is 11.3. The largest absolute Gasteiger partial charge is 0.472 e. The summed E-state index contributed by atoms with van der Waals surface area (Å²) in [6, 6.07) is 0. The summed E-state index contributed by atoms with van der Waals surface area (Å²) in [5.41, 5.74) is 0. The van der Waals surface area contributed by atoms with Gasteiger partial charge in [-0.2, -0.15) is 0 Å². The van der Waals surface area contributed by atoms with Crippen molar-refractivity contribution in [2.24, 2.45) is 5.92 Å². The van der Waals surface area contributed by atoms with Gasteiger partial charge in [0.1, 0.15) is 19.3 Å². The first-order chi connectivity index (χ1) is 45.1. The molecule has 6 atom stereocenters. The van der Waals surface area contributed by atoms with Gasteiger partial charge in [0.2, 0.25) is 0 Å². The second kappa shape index (κ2) is 67.3. The molecule has 3 N–H and O–H groups in total. The summed E-state index contributed by atoms with van der Waals surface area (Å²) in [5, 5.41) is 10.6. The number of ether oxygens (including phenoxy) is 4. The van der Waals surface area contributed by atoms with Gasteiger partial charge >= 0.3 is 39.5 Å². The molecule has 3 unspecified atom stereocenters. The average Bonchev–Trinajstić information content (AvgIpc) is 2.80. The minimum atomic E-state index is -4.95. The molecule has 0 heterocycles. The lowest BCUT2D eigenvalue weighted by molar-refractivity contribution is -0.161. The van der Waals surface area contributed by atoms with Gasteiger partial charge in [0.15, 0.2) is 12.2 Å². The molecule has 0 saturated carbocycles. The first-order valence-corrected chi connectivity index (χ1v) is 41.7. The van der Waals surface area contributed by atoms with Crippen LogP contribution in [-0.2, 0) is 65.4 Å². The van der Waals surface area contributed by atoms with Crippen LogP contribution in [0.1, 0.15) is 388 Å². The number of carbonyl (C=O) groups is 4. The summed E-state index contributed by atoms with van der Waals surface area (Å²) >= 11 is 0. The molecule has 0 aliphatic rings. The number of unbranched alkanes of at least 4 members (excludes halogenated alkanes) is 45. The molecule has 0 amide bonds. The number of hydrogen-bond donors (Lipinski definition) is 3. The van der Waals surface area contributed by atoms with Gasteiger partial charge in [-0.05, 0) is 31.6 Å². The third kappa shape index (κ3) is 67.0. The van der Waals surface area contributed by atoms with Crippen LogP contribution in [0.3, 0.4) is 0 Å². The standard InChI is InChI=1S/C74H144O17P2/c1-6-10-13-16-19-22-24-26-27-28-29-31-33-40-45-50-55-60-74(79)91-70(64-85-72(77)58-53-48-43-38-35-34-37-41-46-51-56-67(5)9-4)66-89-93(82,83)87-62-68(75)61-86-92(80,81)88-65-69(63-84-71(76)57-52-47-42-36-21-18-15-12-8-3)90-73(78)59-54-49-44-39-32-30-25-23-20-17-14-11-7-2/h67-70,75H,6-66H2,1-5H3,(H,80,81)(H,82,83)/t67?,68-,69+,70+/m0/s1. The van der Waals surface area contributed by atoms with Gasteiger partial charge in [-0.25, -0.2) is 9.13 Å². The van der Waals surface area contributed by atoms with Crippen LogP contribution in [0.15, 0.2) is 0 Å². The normalized spacial score (nSPS) is 14.3. The molecule has 0 saturated heterocycles. The third-order valence-electron chi connectivity index (χ3n) is 17.6. The molecule has 0 fully saturated rings. The van der Waals surface area contributed by atoms with Crippen LogP contribution in [0.5, 0.6) is 0 Å². The lowest BCUT2D eigenvalue weighted by Crippen LogP contribution is -2.30. The molecule has 93 heavy (non-hydrogen) atoms. The summed E-state index contributed by atoms with van der Waals surface area (Å²) in [4.78, 5) is 72.7. The highest BCUT2D eigenvalue weighted by atomic mass is 31.2. The Hall–Kier alpha value is -1.94. The van der Waals surface area contributed by atoms with Gasteiger partial charge in [-0.3, -0.25) is 37.3 Å². The van der Waals surface area contributed by atoms with E-state index in [1.165, 1.54) is 212 Å². The molecular weight excluding hydrogens is 1220 g/mol. The van der Waals surface area contributed by atoms with Crippen molar-refractivity contribution in [3.63, 3.8) is 0 Å². The van der Waals surface area contributed by atoms with Crippen LogP contribution < -0.4 is 0 Å². The Morgan fingerprint density at radius 1 is 0.301 bits per heavy atom. The minimum absolute atomic E-state index is 0.108. The Kier molecular flexibility index (Phi) is 65.9. The third-order valence-corrected chi connectivity index (χ3v) is 19.5. The van der Waals surface area contributed by atoms with Crippen molar-refractivity contribution in [1.82, 2.24) is 0 Å². The molecule has 0 aliphatic carbocycles. The highest BCUT2D eigenvalue weighted by molar-refractivity contribution is 7.47. The maximum atomic E-state index is 13.1. The minimum Gasteiger partial charge on any atom is -0.462 e. The van der Waals surface area contributed by atoms with E-state index in [1.54, 1.807) is 0 Å². The van der Waals surface area contributed by atoms with Gasteiger partial charge in [0, 0.05) is 25.7 Å². The van der Waals surface area contributed by atoms with Crippen molar-refractivity contribution in [1.29, 1.82) is 0 Å². The maximum Gasteiger partial charge on any atom is 0.472 e. The Morgan fingerprint density at radius 2 is 0.516 bits per heavy atom. The van der Waals surface area contributed by atoms with E-state index in [9.17, 15) is 43.2 Å². The van der Waals surface area contributed by atoms with Crippen LogP contribution in [-0.4, -0.2) is 96.7 Å². The molecule has 0 aromatic heterocycles. The molecular formula is C74H144O17P2. The van der Waals surface area contributed by atoms with E-state index >= 15 is 0 Å². The summed E-state index contributed by atoms with van der Waals surface area (Å²) in [6.45, 7) is 7.30. The summed E-state index contributed by atoms with van der Waals surface area (Å²) in [5.74, 6) is -1.31. The first-order valence-electron chi connectivity index (χ1n) is 38.7. The van der Waals surface area contributed by atoms with E-state index in [0.29, 0.717) is 25.7 Å². The van der Waals surface area contributed by atoms with Crippen molar-refractivity contribution < 1.29 is 80.2 Å². The fourth-order valence-corrected chi connectivity index (χ4v) is 12.9. The van der Waals surface area contributed by atoms with Crippen LogP contribution in [0, 0.1) is 5.92 Å². The molecule has 0 bridgehead atoms. The summed E-state index contributed by atoms with van der Waals surface area (Å²) < 4.78 is 68.4. The van der Waals surface area contributed by atoms with Gasteiger partial charge < -0.3 is 33.8 Å². The average molecular weight is 1370 g/mol. The number of esters is 4. The number of phosphoric acid groups is 2. The molecule has 0 aliphatic heterocycles. The monoisotopic (exact) mass is 1370 g/mol. The van der Waals surface area contributed by atoms with Crippen LogP contribution in [0.4, 0.5) is 0 Å². The van der Waals surface area contributed by atoms with Crippen molar-refractivity contribution in [2.75, 3.05) is 39.6 Å². The summed E-state index contributed by atoms with van der Waals surface area (Å²) in [6.07, 6.45) is 55.3. The van der Waals surface area contributed by atoms with E-state index < -0.39 is 97.5 Å². The number of carbonyl (C=O) groups excluding carboxylic acids is 4.